The van der Waals surface area contributed by atoms with Crippen LogP contribution in [0.2, 0.25) is 0 Å². The second-order valence-electron chi connectivity index (χ2n) is 4.60. The minimum absolute atomic E-state index is 0.257. The Balaban J connectivity index is 2.62. The van der Waals surface area contributed by atoms with Gasteiger partial charge in [-0.1, -0.05) is 18.2 Å². The zero-order chi connectivity index (χ0) is 16.8. The fraction of sp³-hybridized carbons (Fsp3) is 0.167. The van der Waals surface area contributed by atoms with E-state index in [2.05, 4.69) is 6.07 Å². The van der Waals surface area contributed by atoms with Gasteiger partial charge >= 0.3 is 0 Å². The van der Waals surface area contributed by atoms with Crippen LogP contribution in [0.25, 0.3) is 11.6 Å². The molecule has 0 N–H and O–H groups in total. The summed E-state index contributed by atoms with van der Waals surface area (Å²) in [6.07, 6.45) is 1.47. The molecule has 0 bridgehead atoms. The van der Waals surface area contributed by atoms with E-state index in [0.717, 1.165) is 0 Å². The number of hydrogen-bond acceptors (Lipinski definition) is 4. The highest BCUT2D eigenvalue weighted by atomic mass is 19.1. The summed E-state index contributed by atoms with van der Waals surface area (Å²) in [5.41, 5.74) is 1.07. The maximum absolute atomic E-state index is 13.8. The van der Waals surface area contributed by atoms with Crippen LogP contribution >= 0.6 is 0 Å². The third-order valence-corrected chi connectivity index (χ3v) is 3.32. The molecule has 0 aliphatic heterocycles. The van der Waals surface area contributed by atoms with Gasteiger partial charge in [-0.2, -0.15) is 5.26 Å². The first-order valence-electron chi connectivity index (χ1n) is 6.81. The average Bonchev–Trinajstić information content (AvgIpc) is 2.59. The van der Waals surface area contributed by atoms with Crippen molar-refractivity contribution in [3.8, 4) is 23.3 Å². The van der Waals surface area contributed by atoms with Crippen LogP contribution < -0.4 is 14.2 Å². The van der Waals surface area contributed by atoms with Crippen molar-refractivity contribution in [3.63, 3.8) is 0 Å². The summed E-state index contributed by atoms with van der Waals surface area (Å²) in [7, 11) is 4.50. The molecule has 0 aliphatic rings. The maximum Gasteiger partial charge on any atom is 0.164 e. The molecular formula is C18H16FNO3. The second kappa shape index (κ2) is 7.32. The van der Waals surface area contributed by atoms with Crippen LogP contribution in [-0.2, 0) is 0 Å². The number of nitriles is 1. The molecule has 0 saturated carbocycles. The molecule has 0 aromatic heterocycles. The Bertz CT molecular complexity index is 778. The molecule has 118 valence electrons. The molecule has 0 heterocycles. The minimum Gasteiger partial charge on any atom is -0.496 e. The third-order valence-electron chi connectivity index (χ3n) is 3.32. The highest BCUT2D eigenvalue weighted by molar-refractivity contribution is 5.92. The van der Waals surface area contributed by atoms with Crippen molar-refractivity contribution in [2.45, 2.75) is 0 Å². The summed E-state index contributed by atoms with van der Waals surface area (Å²) >= 11 is 0. The molecule has 2 aromatic carbocycles. The van der Waals surface area contributed by atoms with Crippen molar-refractivity contribution in [2.24, 2.45) is 0 Å². The third kappa shape index (κ3) is 3.43. The standard InChI is InChI=1S/C18H16FNO3/c1-21-16-10-18(23-3)17(22-2)9-14(16)13(11-20)8-12-6-4-5-7-15(12)19/h4-10H,1-3H3/b13-8+. The molecule has 0 amide bonds. The summed E-state index contributed by atoms with van der Waals surface area (Å²) in [6, 6.07) is 11.6. The molecule has 23 heavy (non-hydrogen) atoms. The van der Waals surface area contributed by atoms with Gasteiger partial charge in [-0.3, -0.25) is 0 Å². The average molecular weight is 313 g/mol. The lowest BCUT2D eigenvalue weighted by Crippen LogP contribution is -1.96. The molecule has 5 heteroatoms. The van der Waals surface area contributed by atoms with Crippen LogP contribution in [0.5, 0.6) is 17.2 Å². The largest absolute Gasteiger partial charge is 0.496 e. The van der Waals surface area contributed by atoms with Crippen LogP contribution in [0.15, 0.2) is 36.4 Å². The van der Waals surface area contributed by atoms with Gasteiger partial charge < -0.3 is 14.2 Å². The predicted octanol–water partition coefficient (Wildman–Crippen LogP) is 3.92. The maximum atomic E-state index is 13.8. The first-order valence-corrected chi connectivity index (χ1v) is 6.81. The van der Waals surface area contributed by atoms with Gasteiger partial charge in [0.2, 0.25) is 0 Å². The van der Waals surface area contributed by atoms with E-state index in [9.17, 15) is 9.65 Å². The van der Waals surface area contributed by atoms with E-state index < -0.39 is 5.82 Å². The summed E-state index contributed by atoms with van der Waals surface area (Å²) in [5, 5.41) is 9.47. The molecule has 0 radical (unpaired) electrons. The van der Waals surface area contributed by atoms with E-state index in [1.54, 1.807) is 30.3 Å². The molecule has 0 unspecified atom stereocenters. The zero-order valence-electron chi connectivity index (χ0n) is 13.1. The van der Waals surface area contributed by atoms with E-state index in [1.165, 1.54) is 33.5 Å². The number of hydrogen-bond donors (Lipinski definition) is 0. The fourth-order valence-corrected chi connectivity index (χ4v) is 2.16. The van der Waals surface area contributed by atoms with Crippen LogP contribution in [0.3, 0.4) is 0 Å². The monoisotopic (exact) mass is 313 g/mol. The van der Waals surface area contributed by atoms with Crippen LogP contribution in [0, 0.1) is 17.1 Å². The van der Waals surface area contributed by atoms with E-state index in [1.807, 2.05) is 0 Å². The Morgan fingerprint density at radius 1 is 1.00 bits per heavy atom. The quantitative estimate of drug-likeness (QED) is 0.620. The SMILES string of the molecule is COc1cc(OC)c(/C(C#N)=C/c2ccccc2F)cc1OC. The number of allylic oxidation sites excluding steroid dienone is 1. The summed E-state index contributed by atoms with van der Waals surface area (Å²) in [4.78, 5) is 0. The molecule has 4 nitrogen and oxygen atoms in total. The molecule has 2 rings (SSSR count). The minimum atomic E-state index is -0.403. The molecule has 0 fully saturated rings. The molecule has 0 spiro atoms. The first-order chi connectivity index (χ1) is 11.1. The molecular weight excluding hydrogens is 297 g/mol. The topological polar surface area (TPSA) is 51.5 Å². The second-order valence-corrected chi connectivity index (χ2v) is 4.60. The van der Waals surface area contributed by atoms with Gasteiger partial charge in [0.15, 0.2) is 11.5 Å². The van der Waals surface area contributed by atoms with Crippen molar-refractivity contribution < 1.29 is 18.6 Å². The van der Waals surface area contributed by atoms with Gasteiger partial charge in [-0.25, -0.2) is 4.39 Å². The number of rotatable bonds is 5. The van der Waals surface area contributed by atoms with Crippen molar-refractivity contribution in [1.29, 1.82) is 5.26 Å². The van der Waals surface area contributed by atoms with Crippen molar-refractivity contribution in [3.05, 3.63) is 53.3 Å². The van der Waals surface area contributed by atoms with Gasteiger partial charge in [0, 0.05) is 17.2 Å². The molecule has 0 atom stereocenters. The van der Waals surface area contributed by atoms with Crippen LogP contribution in [0.4, 0.5) is 4.39 Å². The highest BCUT2D eigenvalue weighted by Gasteiger charge is 2.15. The lowest BCUT2D eigenvalue weighted by Gasteiger charge is -2.13. The van der Waals surface area contributed by atoms with E-state index in [-0.39, 0.29) is 5.57 Å². The molecule has 2 aromatic rings. The van der Waals surface area contributed by atoms with Crippen molar-refractivity contribution in [2.75, 3.05) is 21.3 Å². The first kappa shape index (κ1) is 16.4. The van der Waals surface area contributed by atoms with E-state index in [4.69, 9.17) is 14.2 Å². The Kier molecular flexibility index (Phi) is 5.21. The van der Waals surface area contributed by atoms with Gasteiger partial charge in [0.1, 0.15) is 11.6 Å². The lowest BCUT2D eigenvalue weighted by molar-refractivity contribution is 0.348. The zero-order valence-corrected chi connectivity index (χ0v) is 13.1. The van der Waals surface area contributed by atoms with Crippen molar-refractivity contribution in [1.82, 2.24) is 0 Å². The fourth-order valence-electron chi connectivity index (χ4n) is 2.16. The molecule has 0 aliphatic carbocycles. The number of halogens is 1. The van der Waals surface area contributed by atoms with E-state index >= 15 is 0 Å². The van der Waals surface area contributed by atoms with Crippen LogP contribution in [-0.4, -0.2) is 21.3 Å². The molecule has 0 saturated heterocycles. The lowest BCUT2D eigenvalue weighted by atomic mass is 10.0. The Morgan fingerprint density at radius 3 is 2.17 bits per heavy atom. The summed E-state index contributed by atoms with van der Waals surface area (Å²) in [5.74, 6) is 0.973. The highest BCUT2D eigenvalue weighted by Crippen LogP contribution is 2.38. The van der Waals surface area contributed by atoms with Gasteiger partial charge in [-0.05, 0) is 18.2 Å². The Morgan fingerprint density at radius 2 is 1.61 bits per heavy atom. The number of methoxy groups -OCH3 is 3. The van der Waals surface area contributed by atoms with Gasteiger partial charge in [-0.15, -0.1) is 0 Å². The Hall–Kier alpha value is -3.00. The van der Waals surface area contributed by atoms with Crippen LogP contribution in [0.1, 0.15) is 11.1 Å². The summed E-state index contributed by atoms with van der Waals surface area (Å²) in [6.45, 7) is 0. The number of benzene rings is 2. The number of ether oxygens (including phenoxy) is 3. The van der Waals surface area contributed by atoms with Crippen molar-refractivity contribution >= 4 is 11.6 Å². The normalized spacial score (nSPS) is 10.8. The predicted molar refractivity (Wildman–Crippen MR) is 86.0 cm³/mol. The van der Waals surface area contributed by atoms with Gasteiger partial charge in [0.25, 0.3) is 0 Å². The van der Waals surface area contributed by atoms with E-state index in [0.29, 0.717) is 28.4 Å². The van der Waals surface area contributed by atoms with Gasteiger partial charge in [0.05, 0.1) is 33.0 Å². The summed E-state index contributed by atoms with van der Waals surface area (Å²) < 4.78 is 29.6. The smallest absolute Gasteiger partial charge is 0.164 e. The Labute approximate surface area is 134 Å². The number of nitrogens with zero attached hydrogens (tertiary/aromatic N) is 1.